The summed E-state index contributed by atoms with van der Waals surface area (Å²) >= 11 is 0. The van der Waals surface area contributed by atoms with E-state index in [0.29, 0.717) is 24.7 Å². The molecule has 0 aliphatic carbocycles. The van der Waals surface area contributed by atoms with Gasteiger partial charge in [0.15, 0.2) is 5.67 Å². The van der Waals surface area contributed by atoms with Crippen LogP contribution < -0.4 is 10.6 Å². The molecule has 2 rings (SSSR count). The van der Waals surface area contributed by atoms with E-state index in [1.807, 2.05) is 0 Å². The zero-order valence-electron chi connectivity index (χ0n) is 9.80. The van der Waals surface area contributed by atoms with Crippen LogP contribution in [0.1, 0.15) is 19.8 Å². The largest absolute Gasteiger partial charge is 0.390 e. The fourth-order valence-corrected chi connectivity index (χ4v) is 2.07. The number of hydrogen-bond acceptors (Lipinski definition) is 5. The van der Waals surface area contributed by atoms with Crippen LogP contribution in [0, 0.1) is 0 Å². The van der Waals surface area contributed by atoms with Crippen LogP contribution in [0.3, 0.4) is 0 Å². The van der Waals surface area contributed by atoms with Crippen molar-refractivity contribution in [1.29, 1.82) is 0 Å². The highest BCUT2D eigenvalue weighted by atomic mass is 19.1. The number of nitrogens with zero attached hydrogens (tertiary/aromatic N) is 3. The summed E-state index contributed by atoms with van der Waals surface area (Å²) in [6.45, 7) is 2.37. The van der Waals surface area contributed by atoms with Gasteiger partial charge in [0.1, 0.15) is 5.82 Å². The molecule has 0 aromatic carbocycles. The predicted octanol–water partition coefficient (Wildman–Crippen LogP) is 0.748. The first-order valence-corrected chi connectivity index (χ1v) is 5.75. The van der Waals surface area contributed by atoms with Gasteiger partial charge in [0.25, 0.3) is 0 Å². The van der Waals surface area contributed by atoms with Crippen molar-refractivity contribution < 1.29 is 9.50 Å². The fourth-order valence-electron chi connectivity index (χ4n) is 2.07. The van der Waals surface area contributed by atoms with Crippen LogP contribution in [0.2, 0.25) is 0 Å². The molecule has 5 nitrogen and oxygen atoms in total. The van der Waals surface area contributed by atoms with Crippen LogP contribution in [-0.2, 0) is 0 Å². The number of nitrogens with two attached hydrogens (primary N) is 1. The second-order valence-corrected chi connectivity index (χ2v) is 4.40. The third kappa shape index (κ3) is 2.31. The third-order valence-corrected chi connectivity index (χ3v) is 3.26. The second kappa shape index (κ2) is 4.44. The molecule has 1 aliphatic rings. The number of aromatic nitrogens is 2. The van der Waals surface area contributed by atoms with E-state index in [2.05, 4.69) is 9.97 Å². The Balaban J connectivity index is 2.19. The van der Waals surface area contributed by atoms with Gasteiger partial charge in [0.05, 0.1) is 12.6 Å². The molecule has 1 fully saturated rings. The Kier molecular flexibility index (Phi) is 3.15. The lowest BCUT2D eigenvalue weighted by Crippen LogP contribution is -2.54. The zero-order valence-corrected chi connectivity index (χ0v) is 9.80. The van der Waals surface area contributed by atoms with Crippen LogP contribution in [0.25, 0.3) is 0 Å². The number of anilines is 2. The highest BCUT2D eigenvalue weighted by molar-refractivity contribution is 5.39. The SMILES string of the molecule is CCC1(F)CN(c2nccc(N)n2)CCC1O. The van der Waals surface area contributed by atoms with Gasteiger partial charge >= 0.3 is 0 Å². The van der Waals surface area contributed by atoms with E-state index in [9.17, 15) is 9.50 Å². The second-order valence-electron chi connectivity index (χ2n) is 4.40. The van der Waals surface area contributed by atoms with Crippen LogP contribution in [-0.4, -0.2) is 39.9 Å². The Labute approximate surface area is 99.5 Å². The number of alkyl halides is 1. The molecule has 6 heteroatoms. The molecule has 3 N–H and O–H groups in total. The van der Waals surface area contributed by atoms with Crippen molar-refractivity contribution in [2.45, 2.75) is 31.5 Å². The molecule has 0 saturated carbocycles. The van der Waals surface area contributed by atoms with E-state index in [1.54, 1.807) is 24.1 Å². The van der Waals surface area contributed by atoms with Crippen molar-refractivity contribution in [2.75, 3.05) is 23.7 Å². The van der Waals surface area contributed by atoms with Crippen molar-refractivity contribution in [3.05, 3.63) is 12.3 Å². The van der Waals surface area contributed by atoms with Crippen LogP contribution in [0.5, 0.6) is 0 Å². The van der Waals surface area contributed by atoms with Gasteiger partial charge in [-0.2, -0.15) is 4.98 Å². The van der Waals surface area contributed by atoms with Crippen molar-refractivity contribution >= 4 is 11.8 Å². The maximum Gasteiger partial charge on any atom is 0.227 e. The first-order valence-electron chi connectivity index (χ1n) is 5.75. The Morgan fingerprint density at radius 3 is 3.12 bits per heavy atom. The average molecular weight is 240 g/mol. The molecule has 0 radical (unpaired) electrons. The van der Waals surface area contributed by atoms with Crippen molar-refractivity contribution in [2.24, 2.45) is 0 Å². The summed E-state index contributed by atoms with van der Waals surface area (Å²) in [5.41, 5.74) is 3.98. The summed E-state index contributed by atoms with van der Waals surface area (Å²) in [6.07, 6.45) is 1.29. The molecule has 1 aromatic rings. The summed E-state index contributed by atoms with van der Waals surface area (Å²) < 4.78 is 14.4. The number of halogens is 1. The highest BCUT2D eigenvalue weighted by Crippen LogP contribution is 2.30. The zero-order chi connectivity index (χ0) is 12.5. The molecule has 0 spiro atoms. The van der Waals surface area contributed by atoms with Crippen LogP contribution in [0.15, 0.2) is 12.3 Å². The van der Waals surface area contributed by atoms with Gasteiger partial charge in [0, 0.05) is 12.7 Å². The standard InChI is InChI=1S/C11H17FN4O/c1-2-11(12)7-16(6-4-8(11)17)10-14-5-3-9(13)15-10/h3,5,8,17H,2,4,6-7H2,1H3,(H2,13,14,15). The molecule has 0 amide bonds. The third-order valence-electron chi connectivity index (χ3n) is 3.26. The minimum Gasteiger partial charge on any atom is -0.390 e. The van der Waals surface area contributed by atoms with Gasteiger partial charge in [-0.25, -0.2) is 9.37 Å². The van der Waals surface area contributed by atoms with E-state index < -0.39 is 11.8 Å². The number of aliphatic hydroxyl groups excluding tert-OH is 1. The smallest absolute Gasteiger partial charge is 0.227 e. The van der Waals surface area contributed by atoms with E-state index in [-0.39, 0.29) is 13.0 Å². The Hall–Kier alpha value is -1.43. The minimum absolute atomic E-state index is 0.105. The van der Waals surface area contributed by atoms with E-state index in [1.165, 1.54) is 0 Å². The monoisotopic (exact) mass is 240 g/mol. The molecule has 0 bridgehead atoms. The average Bonchev–Trinajstić information content (AvgIpc) is 2.33. The number of piperidine rings is 1. The van der Waals surface area contributed by atoms with Crippen LogP contribution >= 0.6 is 0 Å². The number of rotatable bonds is 2. The quantitative estimate of drug-likeness (QED) is 0.797. The molecule has 2 unspecified atom stereocenters. The number of nitrogen functional groups attached to an aromatic ring is 1. The van der Waals surface area contributed by atoms with Crippen LogP contribution in [0.4, 0.5) is 16.2 Å². The van der Waals surface area contributed by atoms with Crippen molar-refractivity contribution in [3.63, 3.8) is 0 Å². The lowest BCUT2D eigenvalue weighted by molar-refractivity contribution is -0.0238. The normalized spacial score (nSPS) is 29.4. The number of aliphatic hydroxyl groups is 1. The van der Waals surface area contributed by atoms with Gasteiger partial charge in [-0.15, -0.1) is 0 Å². The van der Waals surface area contributed by atoms with Crippen molar-refractivity contribution in [3.8, 4) is 0 Å². The van der Waals surface area contributed by atoms with E-state index >= 15 is 0 Å². The molecule has 1 aromatic heterocycles. The summed E-state index contributed by atoms with van der Waals surface area (Å²) in [5, 5.41) is 9.68. The van der Waals surface area contributed by atoms with Crippen molar-refractivity contribution in [1.82, 2.24) is 9.97 Å². The van der Waals surface area contributed by atoms with E-state index in [0.717, 1.165) is 0 Å². The molecular weight excluding hydrogens is 223 g/mol. The summed E-state index contributed by atoms with van der Waals surface area (Å²) in [6, 6.07) is 1.59. The predicted molar refractivity (Wildman–Crippen MR) is 63.4 cm³/mol. The Morgan fingerprint density at radius 2 is 2.47 bits per heavy atom. The lowest BCUT2D eigenvalue weighted by Gasteiger charge is -2.40. The Bertz CT molecular complexity index is 403. The first kappa shape index (κ1) is 12.0. The summed E-state index contributed by atoms with van der Waals surface area (Å²) in [5.74, 6) is 0.787. The van der Waals surface area contributed by atoms with Gasteiger partial charge < -0.3 is 15.7 Å². The first-order chi connectivity index (χ1) is 8.05. The van der Waals surface area contributed by atoms with Gasteiger partial charge in [-0.1, -0.05) is 6.92 Å². The topological polar surface area (TPSA) is 75.3 Å². The minimum atomic E-state index is -1.59. The fraction of sp³-hybridized carbons (Fsp3) is 0.636. The molecule has 94 valence electrons. The maximum atomic E-state index is 14.4. The molecule has 17 heavy (non-hydrogen) atoms. The summed E-state index contributed by atoms with van der Waals surface area (Å²) in [7, 11) is 0. The van der Waals surface area contributed by atoms with Gasteiger partial charge in [-0.3, -0.25) is 0 Å². The lowest BCUT2D eigenvalue weighted by atomic mass is 9.89. The van der Waals surface area contributed by atoms with E-state index in [4.69, 9.17) is 5.73 Å². The molecule has 2 atom stereocenters. The molecule has 2 heterocycles. The maximum absolute atomic E-state index is 14.4. The molecule has 1 aliphatic heterocycles. The molecule has 1 saturated heterocycles. The Morgan fingerprint density at radius 1 is 1.71 bits per heavy atom. The van der Waals surface area contributed by atoms with Gasteiger partial charge in [0.2, 0.25) is 5.95 Å². The summed E-state index contributed by atoms with van der Waals surface area (Å²) in [4.78, 5) is 9.87. The number of hydrogen-bond donors (Lipinski definition) is 2. The molecular formula is C11H17FN4O. The highest BCUT2D eigenvalue weighted by Gasteiger charge is 2.42. The van der Waals surface area contributed by atoms with Gasteiger partial charge in [-0.05, 0) is 18.9 Å².